The fourth-order valence-electron chi connectivity index (χ4n) is 3.09. The number of hydrogen-bond acceptors (Lipinski definition) is 6. The molecule has 8 heteroatoms. The maximum absolute atomic E-state index is 12.7. The standard InChI is InChI=1S/C25H24BrNO5S/c1-4-31-21-12-9-18(26)14-17(21)8-13-22(28)27-24-23(25(29)32-5-2)20(15-33-24)16-6-10-19(30-3)11-7-16/h6-15H,4-5H2,1-3H3,(H,27,28). The van der Waals surface area contributed by atoms with Crippen LogP contribution in [-0.4, -0.2) is 32.2 Å². The van der Waals surface area contributed by atoms with Gasteiger partial charge in [0.1, 0.15) is 22.1 Å². The highest BCUT2D eigenvalue weighted by molar-refractivity contribution is 9.10. The van der Waals surface area contributed by atoms with Crippen molar-refractivity contribution < 1.29 is 23.8 Å². The van der Waals surface area contributed by atoms with E-state index in [1.54, 1.807) is 20.1 Å². The third-order valence-electron chi connectivity index (χ3n) is 4.59. The molecule has 3 aromatic rings. The molecular formula is C25H24BrNO5S. The Bertz CT molecular complexity index is 1150. The molecule has 33 heavy (non-hydrogen) atoms. The molecular weight excluding hydrogens is 506 g/mol. The molecule has 172 valence electrons. The number of hydrogen-bond donors (Lipinski definition) is 1. The van der Waals surface area contributed by atoms with E-state index in [-0.39, 0.29) is 12.5 Å². The average molecular weight is 530 g/mol. The number of rotatable bonds is 9. The van der Waals surface area contributed by atoms with Crippen LogP contribution in [0.4, 0.5) is 5.00 Å². The topological polar surface area (TPSA) is 73.9 Å². The highest BCUT2D eigenvalue weighted by Gasteiger charge is 2.22. The highest BCUT2D eigenvalue weighted by atomic mass is 79.9. The number of benzene rings is 2. The number of anilines is 1. The van der Waals surface area contributed by atoms with E-state index < -0.39 is 5.97 Å². The van der Waals surface area contributed by atoms with Gasteiger partial charge in [-0.15, -0.1) is 11.3 Å². The predicted molar refractivity (Wildman–Crippen MR) is 135 cm³/mol. The lowest BCUT2D eigenvalue weighted by Crippen LogP contribution is -2.12. The van der Waals surface area contributed by atoms with Crippen LogP contribution < -0.4 is 14.8 Å². The van der Waals surface area contributed by atoms with Gasteiger partial charge in [0, 0.05) is 27.1 Å². The summed E-state index contributed by atoms with van der Waals surface area (Å²) >= 11 is 4.70. The van der Waals surface area contributed by atoms with Crippen molar-refractivity contribution in [2.45, 2.75) is 13.8 Å². The Balaban J connectivity index is 1.87. The molecule has 6 nitrogen and oxygen atoms in total. The first-order chi connectivity index (χ1) is 16.0. The molecule has 1 N–H and O–H groups in total. The molecule has 0 radical (unpaired) electrons. The Hall–Kier alpha value is -3.10. The Morgan fingerprint density at radius 3 is 2.52 bits per heavy atom. The van der Waals surface area contributed by atoms with E-state index in [0.29, 0.717) is 34.2 Å². The molecule has 2 aromatic carbocycles. The second kappa shape index (κ2) is 11.7. The van der Waals surface area contributed by atoms with E-state index in [1.807, 2.05) is 54.8 Å². The normalized spacial score (nSPS) is 10.8. The van der Waals surface area contributed by atoms with Crippen LogP contribution in [0.2, 0.25) is 0 Å². The summed E-state index contributed by atoms with van der Waals surface area (Å²) in [4.78, 5) is 25.4. The van der Waals surface area contributed by atoms with Crippen molar-refractivity contribution in [3.05, 3.63) is 69.5 Å². The van der Waals surface area contributed by atoms with Crippen LogP contribution in [0.3, 0.4) is 0 Å². The summed E-state index contributed by atoms with van der Waals surface area (Å²) in [6, 6.07) is 12.9. The zero-order chi connectivity index (χ0) is 23.8. The quantitative estimate of drug-likeness (QED) is 0.256. The molecule has 0 aliphatic rings. The van der Waals surface area contributed by atoms with Gasteiger partial charge in [0.25, 0.3) is 0 Å². The minimum Gasteiger partial charge on any atom is -0.497 e. The van der Waals surface area contributed by atoms with E-state index in [9.17, 15) is 9.59 Å². The van der Waals surface area contributed by atoms with Crippen LogP contribution in [0.5, 0.6) is 11.5 Å². The van der Waals surface area contributed by atoms with Gasteiger partial charge in [0.2, 0.25) is 5.91 Å². The first-order valence-corrected chi connectivity index (χ1v) is 12.0. The molecule has 0 unspecified atom stereocenters. The number of carbonyl (C=O) groups is 2. The number of ether oxygens (including phenoxy) is 3. The number of nitrogens with one attached hydrogen (secondary N) is 1. The summed E-state index contributed by atoms with van der Waals surface area (Å²) in [5, 5.41) is 5.07. The van der Waals surface area contributed by atoms with Gasteiger partial charge in [-0.1, -0.05) is 28.1 Å². The van der Waals surface area contributed by atoms with Gasteiger partial charge in [-0.05, 0) is 55.8 Å². The largest absolute Gasteiger partial charge is 0.497 e. The van der Waals surface area contributed by atoms with Crippen molar-refractivity contribution in [3.63, 3.8) is 0 Å². The van der Waals surface area contributed by atoms with Gasteiger partial charge >= 0.3 is 5.97 Å². The first-order valence-electron chi connectivity index (χ1n) is 10.3. The third kappa shape index (κ3) is 6.24. The minimum absolute atomic E-state index is 0.229. The van der Waals surface area contributed by atoms with Crippen molar-refractivity contribution in [1.82, 2.24) is 0 Å². The zero-order valence-electron chi connectivity index (χ0n) is 18.5. The van der Waals surface area contributed by atoms with Crippen molar-refractivity contribution in [2.75, 3.05) is 25.6 Å². The highest BCUT2D eigenvalue weighted by Crippen LogP contribution is 2.37. The van der Waals surface area contributed by atoms with Gasteiger partial charge in [-0.25, -0.2) is 4.79 Å². The maximum atomic E-state index is 12.7. The lowest BCUT2D eigenvalue weighted by atomic mass is 10.0. The van der Waals surface area contributed by atoms with Gasteiger partial charge in [-0.3, -0.25) is 4.79 Å². The van der Waals surface area contributed by atoms with Gasteiger partial charge in [-0.2, -0.15) is 0 Å². The molecule has 1 amide bonds. The number of thiophene rings is 1. The fraction of sp³-hybridized carbons (Fsp3) is 0.200. The van der Waals surface area contributed by atoms with Crippen LogP contribution in [0.25, 0.3) is 17.2 Å². The van der Waals surface area contributed by atoms with Crippen LogP contribution in [0.1, 0.15) is 29.8 Å². The smallest absolute Gasteiger partial charge is 0.341 e. The Kier molecular flexibility index (Phi) is 8.68. The Labute approximate surface area is 205 Å². The van der Waals surface area contributed by atoms with Gasteiger partial charge in [0.05, 0.1) is 20.3 Å². The van der Waals surface area contributed by atoms with Crippen LogP contribution in [0, 0.1) is 0 Å². The van der Waals surface area contributed by atoms with E-state index in [0.717, 1.165) is 15.6 Å². The van der Waals surface area contributed by atoms with Crippen LogP contribution in [0.15, 0.2) is 58.4 Å². The summed E-state index contributed by atoms with van der Waals surface area (Å²) in [5.74, 6) is 0.528. The molecule has 0 aliphatic carbocycles. The minimum atomic E-state index is -0.491. The number of carbonyl (C=O) groups excluding carboxylic acids is 2. The molecule has 1 heterocycles. The molecule has 0 saturated carbocycles. The molecule has 1 aromatic heterocycles. The lowest BCUT2D eigenvalue weighted by molar-refractivity contribution is -0.111. The van der Waals surface area contributed by atoms with Crippen molar-refractivity contribution >= 4 is 50.2 Å². The fourth-order valence-corrected chi connectivity index (χ4v) is 4.43. The molecule has 3 rings (SSSR count). The van der Waals surface area contributed by atoms with E-state index in [4.69, 9.17) is 14.2 Å². The predicted octanol–water partition coefficient (Wildman–Crippen LogP) is 6.41. The SMILES string of the molecule is CCOC(=O)c1c(-c2ccc(OC)cc2)csc1NC(=O)C=Cc1cc(Br)ccc1OCC. The zero-order valence-corrected chi connectivity index (χ0v) is 20.9. The molecule has 0 fully saturated rings. The molecule has 0 spiro atoms. The Morgan fingerprint density at radius 1 is 1.09 bits per heavy atom. The van der Waals surface area contributed by atoms with Crippen molar-refractivity contribution in [1.29, 1.82) is 0 Å². The summed E-state index contributed by atoms with van der Waals surface area (Å²) in [6.45, 7) is 4.39. The summed E-state index contributed by atoms with van der Waals surface area (Å²) < 4.78 is 17.0. The first kappa shape index (κ1) is 24.5. The monoisotopic (exact) mass is 529 g/mol. The van der Waals surface area contributed by atoms with E-state index in [2.05, 4.69) is 21.2 Å². The second-order valence-corrected chi connectivity index (χ2v) is 8.54. The van der Waals surface area contributed by atoms with Crippen LogP contribution >= 0.6 is 27.3 Å². The lowest BCUT2D eigenvalue weighted by Gasteiger charge is -2.09. The number of halogens is 1. The summed E-state index contributed by atoms with van der Waals surface area (Å²) in [6.07, 6.45) is 3.08. The van der Waals surface area contributed by atoms with E-state index in [1.165, 1.54) is 17.4 Å². The van der Waals surface area contributed by atoms with Crippen LogP contribution in [-0.2, 0) is 9.53 Å². The third-order valence-corrected chi connectivity index (χ3v) is 5.98. The number of methoxy groups -OCH3 is 1. The summed E-state index contributed by atoms with van der Waals surface area (Å²) in [5.41, 5.74) is 2.59. The Morgan fingerprint density at radius 2 is 1.85 bits per heavy atom. The summed E-state index contributed by atoms with van der Waals surface area (Å²) in [7, 11) is 1.59. The van der Waals surface area contributed by atoms with Crippen molar-refractivity contribution in [2.24, 2.45) is 0 Å². The maximum Gasteiger partial charge on any atom is 0.341 e. The molecule has 0 atom stereocenters. The second-order valence-electron chi connectivity index (χ2n) is 6.74. The van der Waals surface area contributed by atoms with Crippen molar-refractivity contribution in [3.8, 4) is 22.6 Å². The van der Waals surface area contributed by atoms with E-state index >= 15 is 0 Å². The van der Waals surface area contributed by atoms with Gasteiger partial charge in [0.15, 0.2) is 0 Å². The molecule has 0 saturated heterocycles. The van der Waals surface area contributed by atoms with Gasteiger partial charge < -0.3 is 19.5 Å². The average Bonchev–Trinajstić information content (AvgIpc) is 3.23. The molecule has 0 bridgehead atoms. The number of amides is 1. The molecule has 0 aliphatic heterocycles. The number of esters is 1.